The third-order valence-electron chi connectivity index (χ3n) is 4.69. The molecule has 0 bridgehead atoms. The first-order valence-electron chi connectivity index (χ1n) is 7.72. The lowest BCUT2D eigenvalue weighted by atomic mass is 9.83. The lowest BCUT2D eigenvalue weighted by Gasteiger charge is -2.41. The highest BCUT2D eigenvalue weighted by molar-refractivity contribution is 5.53. The Hall–Kier alpha value is -2.51. The van der Waals surface area contributed by atoms with Gasteiger partial charge in [-0.05, 0) is 17.2 Å². The molecular weight excluding hydrogens is 288 g/mol. The van der Waals surface area contributed by atoms with Crippen molar-refractivity contribution in [3.8, 4) is 17.6 Å². The number of methoxy groups -OCH3 is 1. The number of hydrogen-bond donors (Lipinski definition) is 1. The molecule has 0 fully saturated rings. The quantitative estimate of drug-likeness (QED) is 0.700. The number of aromatic hydroxyl groups is 1. The predicted molar refractivity (Wildman–Crippen MR) is 88.2 cm³/mol. The number of benzene rings is 2. The van der Waals surface area contributed by atoms with Crippen LogP contribution in [0.25, 0.3) is 0 Å². The van der Waals surface area contributed by atoms with Gasteiger partial charge < -0.3 is 14.3 Å². The van der Waals surface area contributed by atoms with Crippen LogP contribution in [0.3, 0.4) is 0 Å². The molecule has 1 aliphatic rings. The molecule has 2 unspecified atom stereocenters. The second kappa shape index (κ2) is 5.94. The lowest BCUT2D eigenvalue weighted by molar-refractivity contribution is -0.919. The minimum atomic E-state index is 0.162. The van der Waals surface area contributed by atoms with Gasteiger partial charge in [-0.25, -0.2) is 0 Å². The van der Waals surface area contributed by atoms with E-state index in [0.717, 1.165) is 17.7 Å². The standard InChI is InChI=1S/C19H20N2O2/c1-21(11-10-20)12-16(14-6-4-3-5-7-14)15-8-9-18(23-2)19(22)17(15)13-21/h3-9,16H,11-13H2,1-2H3/p+1. The molecule has 2 aromatic rings. The number of fused-ring (bicyclic) bond motifs is 1. The van der Waals surface area contributed by atoms with Crippen LogP contribution < -0.4 is 4.74 Å². The Morgan fingerprint density at radius 3 is 2.65 bits per heavy atom. The number of nitriles is 1. The minimum Gasteiger partial charge on any atom is -0.504 e. The molecule has 0 amide bonds. The van der Waals surface area contributed by atoms with Crippen molar-refractivity contribution in [3.05, 3.63) is 59.2 Å². The van der Waals surface area contributed by atoms with Gasteiger partial charge in [0.2, 0.25) is 0 Å². The topological polar surface area (TPSA) is 53.2 Å². The number of likely N-dealkylation sites (N-methyl/N-ethyl adjacent to an activating group) is 1. The number of quaternary nitrogens is 1. The highest BCUT2D eigenvalue weighted by Gasteiger charge is 2.38. The molecule has 118 valence electrons. The van der Waals surface area contributed by atoms with Crippen LogP contribution in [-0.4, -0.2) is 36.8 Å². The van der Waals surface area contributed by atoms with Crippen LogP contribution in [0.4, 0.5) is 0 Å². The Bertz CT molecular complexity index is 752. The van der Waals surface area contributed by atoms with Gasteiger partial charge in [-0.15, -0.1) is 0 Å². The Morgan fingerprint density at radius 1 is 1.26 bits per heavy atom. The third-order valence-corrected chi connectivity index (χ3v) is 4.69. The molecule has 0 radical (unpaired) electrons. The fourth-order valence-electron chi connectivity index (χ4n) is 3.53. The maximum Gasteiger partial charge on any atom is 0.166 e. The molecule has 0 aliphatic carbocycles. The van der Waals surface area contributed by atoms with Crippen molar-refractivity contribution in [2.24, 2.45) is 0 Å². The van der Waals surface area contributed by atoms with Crippen LogP contribution >= 0.6 is 0 Å². The van der Waals surface area contributed by atoms with Crippen LogP contribution in [0.5, 0.6) is 11.5 Å². The Morgan fingerprint density at radius 2 is 2.00 bits per heavy atom. The van der Waals surface area contributed by atoms with Gasteiger partial charge in [-0.1, -0.05) is 36.4 Å². The Kier molecular flexibility index (Phi) is 3.97. The van der Waals surface area contributed by atoms with Crippen LogP contribution in [0.1, 0.15) is 22.6 Å². The first-order chi connectivity index (χ1) is 11.1. The smallest absolute Gasteiger partial charge is 0.166 e. The summed E-state index contributed by atoms with van der Waals surface area (Å²) in [7, 11) is 3.63. The normalized spacial score (nSPS) is 22.9. The van der Waals surface area contributed by atoms with Crippen molar-refractivity contribution >= 4 is 0 Å². The molecule has 0 saturated heterocycles. The molecule has 4 nitrogen and oxygen atoms in total. The van der Waals surface area contributed by atoms with Crippen LogP contribution in [-0.2, 0) is 6.54 Å². The SMILES string of the molecule is COc1ccc2c(c1O)C[N+](C)(CC#N)CC2c1ccccc1. The molecule has 23 heavy (non-hydrogen) atoms. The second-order valence-electron chi connectivity index (χ2n) is 6.42. The Labute approximate surface area is 136 Å². The summed E-state index contributed by atoms with van der Waals surface area (Å²) in [5, 5.41) is 19.8. The molecule has 0 aromatic heterocycles. The number of rotatable bonds is 3. The highest BCUT2D eigenvalue weighted by atomic mass is 16.5. The van der Waals surface area contributed by atoms with E-state index in [0.29, 0.717) is 23.3 Å². The van der Waals surface area contributed by atoms with E-state index >= 15 is 0 Å². The minimum absolute atomic E-state index is 0.162. The molecule has 1 heterocycles. The third kappa shape index (κ3) is 2.76. The van der Waals surface area contributed by atoms with Crippen molar-refractivity contribution < 1.29 is 14.3 Å². The van der Waals surface area contributed by atoms with Crippen LogP contribution in [0.15, 0.2) is 42.5 Å². The molecule has 1 aliphatic heterocycles. The predicted octanol–water partition coefficient (Wildman–Crippen LogP) is 3.02. The second-order valence-corrected chi connectivity index (χ2v) is 6.42. The number of phenolic OH excluding ortho intramolecular Hbond substituents is 1. The summed E-state index contributed by atoms with van der Waals surface area (Å²) in [6, 6.07) is 16.4. The van der Waals surface area contributed by atoms with Crippen molar-refractivity contribution in [2.45, 2.75) is 12.5 Å². The molecule has 2 aromatic carbocycles. The summed E-state index contributed by atoms with van der Waals surface area (Å²) >= 11 is 0. The first-order valence-corrected chi connectivity index (χ1v) is 7.72. The number of phenols is 1. The maximum atomic E-state index is 10.6. The van der Waals surface area contributed by atoms with Crippen molar-refractivity contribution in [1.29, 1.82) is 5.26 Å². The fraction of sp³-hybridized carbons (Fsp3) is 0.316. The van der Waals surface area contributed by atoms with Gasteiger partial charge in [0.1, 0.15) is 12.6 Å². The van der Waals surface area contributed by atoms with E-state index in [1.807, 2.05) is 30.3 Å². The number of hydrogen-bond acceptors (Lipinski definition) is 3. The van der Waals surface area contributed by atoms with Crippen molar-refractivity contribution in [1.82, 2.24) is 0 Å². The van der Waals surface area contributed by atoms with Gasteiger partial charge >= 0.3 is 0 Å². The molecule has 0 saturated carbocycles. The average molecular weight is 309 g/mol. The summed E-state index contributed by atoms with van der Waals surface area (Å²) in [6.07, 6.45) is 0. The molecule has 2 atom stereocenters. The summed E-state index contributed by atoms with van der Waals surface area (Å²) in [5.74, 6) is 0.851. The molecular formula is C19H21N2O2+. The van der Waals surface area contributed by atoms with E-state index in [-0.39, 0.29) is 11.7 Å². The zero-order valence-electron chi connectivity index (χ0n) is 13.5. The summed E-state index contributed by atoms with van der Waals surface area (Å²) in [4.78, 5) is 0. The van der Waals surface area contributed by atoms with Crippen LogP contribution in [0.2, 0.25) is 0 Å². The van der Waals surface area contributed by atoms with Crippen molar-refractivity contribution in [2.75, 3.05) is 27.2 Å². The van der Waals surface area contributed by atoms with E-state index in [9.17, 15) is 10.4 Å². The highest BCUT2D eigenvalue weighted by Crippen LogP contribution is 2.43. The van der Waals surface area contributed by atoms with Crippen LogP contribution in [0, 0.1) is 11.3 Å². The van der Waals surface area contributed by atoms with E-state index in [2.05, 4.69) is 25.2 Å². The van der Waals surface area contributed by atoms with Crippen molar-refractivity contribution in [3.63, 3.8) is 0 Å². The molecule has 0 spiro atoms. The first kappa shape index (κ1) is 15.4. The summed E-state index contributed by atoms with van der Waals surface area (Å²) in [5.41, 5.74) is 3.23. The maximum absolute atomic E-state index is 10.6. The fourth-order valence-corrected chi connectivity index (χ4v) is 3.53. The largest absolute Gasteiger partial charge is 0.504 e. The molecule has 3 rings (SSSR count). The van der Waals surface area contributed by atoms with Gasteiger partial charge in [-0.3, -0.25) is 0 Å². The van der Waals surface area contributed by atoms with E-state index in [4.69, 9.17) is 4.74 Å². The van der Waals surface area contributed by atoms with E-state index in [1.165, 1.54) is 5.56 Å². The van der Waals surface area contributed by atoms with Gasteiger partial charge in [0.15, 0.2) is 18.0 Å². The van der Waals surface area contributed by atoms with E-state index < -0.39 is 0 Å². The Balaban J connectivity index is 2.15. The average Bonchev–Trinajstić information content (AvgIpc) is 2.56. The van der Waals surface area contributed by atoms with Gasteiger partial charge in [0.05, 0.1) is 32.2 Å². The van der Waals surface area contributed by atoms with Gasteiger partial charge in [0.25, 0.3) is 0 Å². The molecule has 4 heteroatoms. The monoisotopic (exact) mass is 309 g/mol. The zero-order chi connectivity index (χ0) is 16.4. The van der Waals surface area contributed by atoms with Gasteiger partial charge in [-0.2, -0.15) is 5.26 Å². The number of nitrogens with zero attached hydrogens (tertiary/aromatic N) is 2. The number of ether oxygens (including phenoxy) is 1. The zero-order valence-corrected chi connectivity index (χ0v) is 13.5. The summed E-state index contributed by atoms with van der Waals surface area (Å²) < 4.78 is 5.85. The lowest BCUT2D eigenvalue weighted by Crippen LogP contribution is -2.49. The summed E-state index contributed by atoms with van der Waals surface area (Å²) in [6.45, 7) is 1.89. The molecule has 1 N–H and O–H groups in total. The van der Waals surface area contributed by atoms with E-state index in [1.54, 1.807) is 7.11 Å². The van der Waals surface area contributed by atoms with Gasteiger partial charge in [0, 0.05) is 0 Å².